The molecule has 1 amide bonds. The van der Waals surface area contributed by atoms with Crippen LogP contribution in [-0.4, -0.2) is 25.8 Å². The monoisotopic (exact) mass is 288 g/mol. The van der Waals surface area contributed by atoms with Gasteiger partial charge in [-0.05, 0) is 12.3 Å². The third-order valence-electron chi connectivity index (χ3n) is 3.99. The predicted octanol–water partition coefficient (Wildman–Crippen LogP) is 2.16. The molecule has 1 aliphatic rings. The Balaban J connectivity index is 1.44. The van der Waals surface area contributed by atoms with E-state index in [1.165, 1.54) is 32.1 Å². The zero-order valence-corrected chi connectivity index (χ0v) is 11.9. The van der Waals surface area contributed by atoms with E-state index < -0.39 is 0 Å². The van der Waals surface area contributed by atoms with Gasteiger partial charge in [-0.3, -0.25) is 15.6 Å². The second-order valence-electron chi connectivity index (χ2n) is 5.55. The molecule has 2 aromatic rings. The molecule has 3 N–H and O–H groups in total. The van der Waals surface area contributed by atoms with Crippen LogP contribution in [0.15, 0.2) is 12.5 Å². The molecule has 2 aromatic heterocycles. The van der Waals surface area contributed by atoms with Crippen LogP contribution in [0.5, 0.6) is 0 Å². The molecule has 7 nitrogen and oxygen atoms in total. The van der Waals surface area contributed by atoms with Gasteiger partial charge in [0.2, 0.25) is 11.9 Å². The maximum absolute atomic E-state index is 11.8. The first-order valence-electron chi connectivity index (χ1n) is 7.52. The number of rotatable bonds is 5. The predicted molar refractivity (Wildman–Crippen MR) is 79.3 cm³/mol. The molecule has 2 heterocycles. The Morgan fingerprint density at radius 1 is 1.29 bits per heavy atom. The van der Waals surface area contributed by atoms with Crippen molar-refractivity contribution in [1.82, 2.24) is 25.4 Å². The van der Waals surface area contributed by atoms with Crippen LogP contribution >= 0.6 is 0 Å². The lowest BCUT2D eigenvalue weighted by atomic mass is 9.86. The molecule has 0 spiro atoms. The summed E-state index contributed by atoms with van der Waals surface area (Å²) >= 11 is 0. The van der Waals surface area contributed by atoms with Gasteiger partial charge in [-0.1, -0.05) is 32.1 Å². The van der Waals surface area contributed by atoms with Gasteiger partial charge in [0.25, 0.3) is 0 Å². The minimum atomic E-state index is -0.0219. The van der Waals surface area contributed by atoms with Crippen LogP contribution in [0.2, 0.25) is 0 Å². The second-order valence-corrected chi connectivity index (χ2v) is 5.55. The fourth-order valence-electron chi connectivity index (χ4n) is 2.80. The van der Waals surface area contributed by atoms with Gasteiger partial charge in [0.05, 0.1) is 12.5 Å². The zero-order valence-electron chi connectivity index (χ0n) is 11.9. The number of imidazole rings is 1. The highest BCUT2D eigenvalue weighted by Crippen LogP contribution is 2.27. The minimum Gasteiger partial charge on any atom is -0.342 e. The molecule has 0 saturated heterocycles. The van der Waals surface area contributed by atoms with E-state index in [1.54, 1.807) is 12.5 Å². The van der Waals surface area contributed by atoms with Crippen LogP contribution in [0.3, 0.4) is 0 Å². The van der Waals surface area contributed by atoms with E-state index in [4.69, 9.17) is 0 Å². The van der Waals surface area contributed by atoms with E-state index in [2.05, 4.69) is 30.8 Å². The van der Waals surface area contributed by atoms with Crippen LogP contribution in [-0.2, 0) is 4.79 Å². The summed E-state index contributed by atoms with van der Waals surface area (Å²) in [5.41, 5.74) is 6.72. The van der Waals surface area contributed by atoms with Crippen LogP contribution in [0.25, 0.3) is 11.2 Å². The number of hydrazine groups is 1. The molecule has 1 aliphatic carbocycles. The van der Waals surface area contributed by atoms with E-state index in [-0.39, 0.29) is 5.91 Å². The number of carbonyl (C=O) groups excluding carboxylic acids is 1. The standard InChI is InChI=1S/C14H20N6O/c21-12(7-6-10-4-2-1-3-5-10)19-20-14-15-8-11-13(18-14)17-9-16-11/h8-10H,1-7H2,(H,19,21)(H2,15,16,17,18,20). The summed E-state index contributed by atoms with van der Waals surface area (Å²) in [4.78, 5) is 27.1. The number of hydrogen-bond donors (Lipinski definition) is 3. The Morgan fingerprint density at radius 3 is 3.00 bits per heavy atom. The lowest BCUT2D eigenvalue weighted by molar-refractivity contribution is -0.120. The highest BCUT2D eigenvalue weighted by Gasteiger charge is 2.14. The topological polar surface area (TPSA) is 95.6 Å². The first kappa shape index (κ1) is 13.8. The van der Waals surface area contributed by atoms with Crippen molar-refractivity contribution in [3.63, 3.8) is 0 Å². The van der Waals surface area contributed by atoms with Crippen molar-refractivity contribution in [3.05, 3.63) is 12.5 Å². The van der Waals surface area contributed by atoms with Crippen LogP contribution < -0.4 is 10.9 Å². The number of carbonyl (C=O) groups is 1. The van der Waals surface area contributed by atoms with Gasteiger partial charge in [0.1, 0.15) is 5.52 Å². The van der Waals surface area contributed by atoms with Gasteiger partial charge in [0.15, 0.2) is 5.65 Å². The maximum Gasteiger partial charge on any atom is 0.243 e. The Labute approximate surface area is 122 Å². The fourth-order valence-corrected chi connectivity index (χ4v) is 2.80. The van der Waals surface area contributed by atoms with Crippen LogP contribution in [0.1, 0.15) is 44.9 Å². The largest absolute Gasteiger partial charge is 0.342 e. The highest BCUT2D eigenvalue weighted by molar-refractivity contribution is 5.77. The number of hydrogen-bond acceptors (Lipinski definition) is 5. The lowest BCUT2D eigenvalue weighted by Gasteiger charge is -2.20. The van der Waals surface area contributed by atoms with Crippen molar-refractivity contribution in [2.24, 2.45) is 5.92 Å². The van der Waals surface area contributed by atoms with Crippen molar-refractivity contribution in [2.45, 2.75) is 44.9 Å². The molecule has 0 unspecified atom stereocenters. The third kappa shape index (κ3) is 3.68. The zero-order chi connectivity index (χ0) is 14.5. The summed E-state index contributed by atoms with van der Waals surface area (Å²) in [6.45, 7) is 0. The van der Waals surface area contributed by atoms with Crippen molar-refractivity contribution < 1.29 is 4.79 Å². The first-order chi connectivity index (χ1) is 10.3. The Morgan fingerprint density at radius 2 is 2.14 bits per heavy atom. The fraction of sp³-hybridized carbons (Fsp3) is 0.571. The Bertz CT molecular complexity index is 604. The van der Waals surface area contributed by atoms with E-state index in [1.807, 2.05) is 0 Å². The van der Waals surface area contributed by atoms with Gasteiger partial charge < -0.3 is 4.98 Å². The molecule has 0 aromatic carbocycles. The molecule has 7 heteroatoms. The smallest absolute Gasteiger partial charge is 0.243 e. The number of nitrogens with one attached hydrogen (secondary N) is 3. The number of fused-ring (bicyclic) bond motifs is 1. The first-order valence-corrected chi connectivity index (χ1v) is 7.52. The molecule has 0 bridgehead atoms. The van der Waals surface area contributed by atoms with E-state index in [9.17, 15) is 4.79 Å². The average molecular weight is 288 g/mol. The van der Waals surface area contributed by atoms with Gasteiger partial charge >= 0.3 is 0 Å². The van der Waals surface area contributed by atoms with Gasteiger partial charge in [-0.25, -0.2) is 9.97 Å². The van der Waals surface area contributed by atoms with Crippen LogP contribution in [0, 0.1) is 5.92 Å². The molecule has 3 rings (SSSR count). The molecule has 1 saturated carbocycles. The van der Waals surface area contributed by atoms with Crippen molar-refractivity contribution in [3.8, 4) is 0 Å². The molecule has 0 aliphatic heterocycles. The number of aromatic amines is 1. The summed E-state index contributed by atoms with van der Waals surface area (Å²) in [7, 11) is 0. The molecule has 21 heavy (non-hydrogen) atoms. The van der Waals surface area contributed by atoms with E-state index >= 15 is 0 Å². The summed E-state index contributed by atoms with van der Waals surface area (Å²) in [6.07, 6.45) is 11.2. The molecular formula is C14H20N6O. The SMILES string of the molecule is O=C(CCC1CCCCC1)NNc1ncc2[nH]cnc2n1. The molecular weight excluding hydrogens is 268 g/mol. The quantitative estimate of drug-likeness (QED) is 0.733. The highest BCUT2D eigenvalue weighted by atomic mass is 16.2. The average Bonchev–Trinajstić information content (AvgIpc) is 2.99. The molecule has 1 fully saturated rings. The Hall–Kier alpha value is -2.18. The van der Waals surface area contributed by atoms with Crippen LogP contribution in [0.4, 0.5) is 5.95 Å². The van der Waals surface area contributed by atoms with Gasteiger partial charge in [-0.2, -0.15) is 4.98 Å². The van der Waals surface area contributed by atoms with E-state index in [0.717, 1.165) is 11.9 Å². The summed E-state index contributed by atoms with van der Waals surface area (Å²) < 4.78 is 0. The third-order valence-corrected chi connectivity index (χ3v) is 3.99. The number of nitrogens with zero attached hydrogens (tertiary/aromatic N) is 3. The minimum absolute atomic E-state index is 0.0219. The van der Waals surface area contributed by atoms with Gasteiger partial charge in [-0.15, -0.1) is 0 Å². The maximum atomic E-state index is 11.8. The Kier molecular flexibility index (Phi) is 4.28. The molecule has 112 valence electrons. The number of anilines is 1. The van der Waals surface area contributed by atoms with Crippen molar-refractivity contribution in [2.75, 3.05) is 5.43 Å². The normalized spacial score (nSPS) is 16.0. The lowest BCUT2D eigenvalue weighted by Crippen LogP contribution is -2.30. The van der Waals surface area contributed by atoms with E-state index in [0.29, 0.717) is 23.9 Å². The summed E-state index contributed by atoms with van der Waals surface area (Å²) in [6, 6.07) is 0. The number of H-pyrrole nitrogens is 1. The number of aromatic nitrogens is 4. The summed E-state index contributed by atoms with van der Waals surface area (Å²) in [5, 5.41) is 0. The second kappa shape index (κ2) is 6.51. The number of amides is 1. The summed E-state index contributed by atoms with van der Waals surface area (Å²) in [5.74, 6) is 1.04. The van der Waals surface area contributed by atoms with Crippen molar-refractivity contribution >= 4 is 23.0 Å². The van der Waals surface area contributed by atoms with Gasteiger partial charge in [0, 0.05) is 6.42 Å². The molecule has 0 atom stereocenters. The molecule has 0 radical (unpaired) electrons. The van der Waals surface area contributed by atoms with Crippen molar-refractivity contribution in [1.29, 1.82) is 0 Å².